The lowest BCUT2D eigenvalue weighted by molar-refractivity contribution is -0.121. The molecule has 11 rings (SSSR count). The number of aryl methyl sites for hydroxylation is 3. The fourth-order valence-corrected chi connectivity index (χ4v) is 10.1. The summed E-state index contributed by atoms with van der Waals surface area (Å²) < 4.78 is 26.5. The number of benzene rings is 4. The molecule has 0 atom stereocenters. The summed E-state index contributed by atoms with van der Waals surface area (Å²) in [5, 5.41) is 25.8. The summed E-state index contributed by atoms with van der Waals surface area (Å²) in [5.74, 6) is 4.20. The van der Waals surface area contributed by atoms with E-state index in [1.54, 1.807) is 0 Å². The standard InChI is InChI=1S/C27H29N5O3.C27H28N2O3/c1-26(2,3)23-14-18-12-17(4-6-20(18)32(23)11-8-25-28-30-31-29-25)13-24(33)27(9-10-27)19-5-7-21-22(15-19)35-16-34-21;1-26(2,3)24-15-19-13-18(5-7-21(19)29(24)12-4-11-28)14-25(30)27(9-10-27)20-6-8-22-23(16-20)32-17-31-22/h4-7,12,14-15H,8-11,13,16H2,1-3H3,(H,28,29,30,31);5-8,13,15-16H,4,9-10,12,14,17H2,1-3H3. The third kappa shape index (κ3) is 8.43. The fourth-order valence-electron chi connectivity index (χ4n) is 10.1. The lowest BCUT2D eigenvalue weighted by Crippen LogP contribution is -2.22. The minimum absolute atomic E-state index is 0.0241. The van der Waals surface area contributed by atoms with Gasteiger partial charge in [0.1, 0.15) is 11.6 Å². The van der Waals surface area contributed by atoms with Crippen LogP contribution in [0.4, 0.5) is 0 Å². The molecule has 1 N–H and O–H groups in total. The smallest absolute Gasteiger partial charge is 0.231 e. The van der Waals surface area contributed by atoms with E-state index < -0.39 is 10.8 Å². The summed E-state index contributed by atoms with van der Waals surface area (Å²) in [6.45, 7) is 15.2. The van der Waals surface area contributed by atoms with Crippen LogP contribution in [0.25, 0.3) is 21.8 Å². The number of tetrazole rings is 1. The van der Waals surface area contributed by atoms with Gasteiger partial charge in [-0.25, -0.2) is 0 Å². The molecule has 2 saturated carbocycles. The number of H-pyrrole nitrogens is 1. The minimum Gasteiger partial charge on any atom is -0.454 e. The van der Waals surface area contributed by atoms with Gasteiger partial charge in [-0.05, 0) is 109 Å². The van der Waals surface area contributed by atoms with Gasteiger partial charge in [0.25, 0.3) is 0 Å². The second-order valence-corrected chi connectivity index (χ2v) is 20.6. The number of aromatic nitrogens is 6. The molecule has 0 bridgehead atoms. The Morgan fingerprint density at radius 2 is 1.12 bits per heavy atom. The van der Waals surface area contributed by atoms with Gasteiger partial charge in [-0.1, -0.05) is 71.0 Å². The minimum atomic E-state index is -0.400. The molecule has 67 heavy (non-hydrogen) atoms. The zero-order valence-corrected chi connectivity index (χ0v) is 39.2. The van der Waals surface area contributed by atoms with Gasteiger partial charge in [-0.2, -0.15) is 10.5 Å². The van der Waals surface area contributed by atoms with Crippen molar-refractivity contribution in [3.8, 4) is 29.1 Å². The van der Waals surface area contributed by atoms with Crippen LogP contribution < -0.4 is 18.9 Å². The van der Waals surface area contributed by atoms with Crippen molar-refractivity contribution < 1.29 is 28.5 Å². The maximum absolute atomic E-state index is 13.5. The van der Waals surface area contributed by atoms with E-state index in [9.17, 15) is 9.59 Å². The quantitative estimate of drug-likeness (QED) is 0.118. The maximum atomic E-state index is 13.5. The van der Waals surface area contributed by atoms with Crippen LogP contribution in [0, 0.1) is 11.3 Å². The van der Waals surface area contributed by atoms with Gasteiger partial charge in [-0.3, -0.25) is 9.59 Å². The molecule has 2 aliphatic carbocycles. The molecule has 4 aliphatic rings. The van der Waals surface area contributed by atoms with Crippen molar-refractivity contribution >= 4 is 33.4 Å². The van der Waals surface area contributed by atoms with Crippen LogP contribution in [-0.2, 0) is 63.6 Å². The van der Waals surface area contributed by atoms with Gasteiger partial charge in [-0.15, -0.1) is 10.2 Å². The second-order valence-electron chi connectivity index (χ2n) is 20.6. The first-order chi connectivity index (χ1) is 32.1. The zero-order valence-electron chi connectivity index (χ0n) is 39.2. The van der Waals surface area contributed by atoms with Gasteiger partial charge in [0.2, 0.25) is 13.6 Å². The molecule has 13 heteroatoms. The molecule has 344 valence electrons. The Kier molecular flexibility index (Phi) is 11.0. The third-order valence-corrected chi connectivity index (χ3v) is 14.0. The molecule has 0 saturated heterocycles. The van der Waals surface area contributed by atoms with Crippen molar-refractivity contribution in [2.45, 2.75) is 128 Å². The first-order valence-corrected chi connectivity index (χ1v) is 23.4. The van der Waals surface area contributed by atoms with Crippen molar-refractivity contribution in [1.29, 1.82) is 5.26 Å². The number of carbonyl (C=O) groups is 2. The Hall–Kier alpha value is -6.94. The molecule has 5 heterocycles. The molecular formula is C54H57N7O6. The number of fused-ring (bicyclic) bond motifs is 4. The molecule has 0 spiro atoms. The normalized spacial score (nSPS) is 16.1. The van der Waals surface area contributed by atoms with Crippen molar-refractivity contribution in [2.24, 2.45) is 0 Å². The van der Waals surface area contributed by atoms with Crippen molar-refractivity contribution in [2.75, 3.05) is 13.6 Å². The first-order valence-electron chi connectivity index (χ1n) is 23.4. The highest BCUT2D eigenvalue weighted by Gasteiger charge is 2.52. The molecule has 0 amide bonds. The highest BCUT2D eigenvalue weighted by Crippen LogP contribution is 2.53. The van der Waals surface area contributed by atoms with Gasteiger partial charge in [0, 0.05) is 76.4 Å². The van der Waals surface area contributed by atoms with E-state index in [1.165, 1.54) is 11.4 Å². The van der Waals surface area contributed by atoms with Gasteiger partial charge in [0.15, 0.2) is 28.8 Å². The molecule has 2 aliphatic heterocycles. The van der Waals surface area contributed by atoms with Crippen LogP contribution in [0.5, 0.6) is 23.0 Å². The van der Waals surface area contributed by atoms with E-state index in [4.69, 9.17) is 24.2 Å². The Labute approximate surface area is 390 Å². The summed E-state index contributed by atoms with van der Waals surface area (Å²) in [5.41, 5.74) is 8.05. The van der Waals surface area contributed by atoms with E-state index in [-0.39, 0.29) is 36.0 Å². The van der Waals surface area contributed by atoms with E-state index in [0.29, 0.717) is 38.1 Å². The largest absolute Gasteiger partial charge is 0.454 e. The van der Waals surface area contributed by atoms with Crippen molar-refractivity contribution in [3.05, 3.63) is 124 Å². The van der Waals surface area contributed by atoms with E-state index in [2.05, 4.69) is 126 Å². The third-order valence-electron chi connectivity index (χ3n) is 14.0. The number of hydrogen-bond acceptors (Lipinski definition) is 10. The van der Waals surface area contributed by atoms with E-state index >= 15 is 0 Å². The Morgan fingerprint density at radius 3 is 1.55 bits per heavy atom. The molecular weight excluding hydrogens is 843 g/mol. The molecule has 2 fully saturated rings. The predicted molar refractivity (Wildman–Crippen MR) is 254 cm³/mol. The highest BCUT2D eigenvalue weighted by atomic mass is 16.7. The van der Waals surface area contributed by atoms with E-state index in [0.717, 1.165) is 99.3 Å². The molecule has 13 nitrogen and oxygen atoms in total. The van der Waals surface area contributed by atoms with Gasteiger partial charge >= 0.3 is 0 Å². The van der Waals surface area contributed by atoms with Crippen LogP contribution in [0.1, 0.15) is 113 Å². The summed E-state index contributed by atoms with van der Waals surface area (Å²) in [7, 11) is 0. The summed E-state index contributed by atoms with van der Waals surface area (Å²) in [4.78, 5) is 26.9. The number of hydrogen-bond donors (Lipinski definition) is 1. The summed E-state index contributed by atoms with van der Waals surface area (Å²) in [6.07, 6.45) is 5.54. The number of nitrogens with one attached hydrogen (secondary N) is 1. The average Bonchev–Trinajstić information content (AvgIpc) is 3.83. The first kappa shape index (κ1) is 43.9. The maximum Gasteiger partial charge on any atom is 0.231 e. The highest BCUT2D eigenvalue weighted by molar-refractivity contribution is 5.96. The molecule has 0 unspecified atom stereocenters. The number of rotatable bonds is 13. The lowest BCUT2D eigenvalue weighted by atomic mass is 9.87. The summed E-state index contributed by atoms with van der Waals surface area (Å²) >= 11 is 0. The van der Waals surface area contributed by atoms with E-state index in [1.807, 2.05) is 36.4 Å². The summed E-state index contributed by atoms with van der Waals surface area (Å²) in [6, 6.07) is 31.2. The molecule has 7 aromatic rings. The lowest BCUT2D eigenvalue weighted by Gasteiger charge is -2.22. The topological polar surface area (TPSA) is 159 Å². The average molecular weight is 900 g/mol. The Bertz CT molecular complexity index is 3080. The van der Waals surface area contributed by atoms with Crippen LogP contribution in [-0.4, -0.2) is 54.9 Å². The van der Waals surface area contributed by atoms with Crippen LogP contribution in [0.2, 0.25) is 0 Å². The Balaban J connectivity index is 0.000000157. The van der Waals surface area contributed by atoms with Crippen LogP contribution in [0.3, 0.4) is 0 Å². The van der Waals surface area contributed by atoms with Crippen molar-refractivity contribution in [1.82, 2.24) is 29.8 Å². The van der Waals surface area contributed by atoms with Gasteiger partial charge < -0.3 is 28.1 Å². The Morgan fingerprint density at radius 1 is 0.642 bits per heavy atom. The number of ketones is 2. The van der Waals surface area contributed by atoms with Crippen molar-refractivity contribution in [3.63, 3.8) is 0 Å². The van der Waals surface area contributed by atoms with Gasteiger partial charge in [0.05, 0.1) is 23.3 Å². The molecule has 0 radical (unpaired) electrons. The number of aromatic amines is 1. The van der Waals surface area contributed by atoms with Crippen LogP contribution in [0.15, 0.2) is 84.9 Å². The number of nitriles is 1. The SMILES string of the molecule is CC(C)(C)c1cc2cc(CC(=O)C3(c4ccc5c(c4)OCO5)CC3)ccc2n1CCC#N.CC(C)(C)c1cc2cc(CC(=O)C3(c4ccc5c(c4)OCO5)CC3)ccc2n1CCc1nn[nH]n1. The van der Waals surface area contributed by atoms with Crippen LogP contribution >= 0.6 is 0 Å². The monoisotopic (exact) mass is 899 g/mol. The number of Topliss-reactive ketones (excluding diaryl/α,β-unsaturated/α-hetero) is 2. The predicted octanol–water partition coefficient (Wildman–Crippen LogP) is 9.69. The number of ether oxygens (including phenoxy) is 4. The molecule has 4 aromatic carbocycles. The number of carbonyl (C=O) groups excluding carboxylic acids is 2. The molecule has 3 aromatic heterocycles. The number of nitrogens with zero attached hydrogens (tertiary/aromatic N) is 6. The zero-order chi connectivity index (χ0) is 46.7. The second kappa shape index (κ2) is 16.7. The fraction of sp³-hybridized carbons (Fsp3) is 0.407.